The fourth-order valence-corrected chi connectivity index (χ4v) is 2.25. The summed E-state index contributed by atoms with van der Waals surface area (Å²) in [5, 5.41) is 10.2. The number of aliphatic hydroxyl groups excluding tert-OH is 1. The molecule has 1 aliphatic rings. The lowest BCUT2D eigenvalue weighted by Gasteiger charge is -2.13. The molecule has 1 N–H and O–H groups in total. The van der Waals surface area contributed by atoms with Crippen LogP contribution in [0.4, 0.5) is 0 Å². The zero-order valence-electron chi connectivity index (χ0n) is 11.1. The van der Waals surface area contributed by atoms with Crippen LogP contribution >= 0.6 is 0 Å². The molecule has 0 amide bonds. The molecule has 0 aromatic carbocycles. The summed E-state index contributed by atoms with van der Waals surface area (Å²) in [5.41, 5.74) is 2.85. The number of rotatable bonds is 5. The summed E-state index contributed by atoms with van der Waals surface area (Å²) in [4.78, 5) is 11.2. The van der Waals surface area contributed by atoms with E-state index in [1.54, 1.807) is 13.0 Å². The van der Waals surface area contributed by atoms with E-state index in [1.165, 1.54) is 0 Å². The Balaban J connectivity index is 3.10. The van der Waals surface area contributed by atoms with Crippen LogP contribution in [-0.4, -0.2) is 17.0 Å². The monoisotopic (exact) mass is 246 g/mol. The third-order valence-electron chi connectivity index (χ3n) is 3.21. The van der Waals surface area contributed by atoms with E-state index in [-0.39, 0.29) is 5.78 Å². The molecule has 1 rings (SSSR count). The zero-order chi connectivity index (χ0) is 13.5. The van der Waals surface area contributed by atoms with Gasteiger partial charge in [-0.1, -0.05) is 37.8 Å². The molecule has 98 valence electrons. The molecule has 0 saturated heterocycles. The maximum absolute atomic E-state index is 11.2. The van der Waals surface area contributed by atoms with Crippen LogP contribution in [-0.2, 0) is 4.79 Å². The van der Waals surface area contributed by atoms with Gasteiger partial charge in [-0.2, -0.15) is 0 Å². The quantitative estimate of drug-likeness (QED) is 0.754. The summed E-state index contributed by atoms with van der Waals surface area (Å²) in [6.07, 6.45) is 9.12. The number of hydrogen-bond donors (Lipinski definition) is 1. The number of ketones is 1. The van der Waals surface area contributed by atoms with Gasteiger partial charge in [0.1, 0.15) is 5.78 Å². The Bertz CT molecular complexity index is 399. The predicted molar refractivity (Wildman–Crippen MR) is 75.3 cm³/mol. The normalized spacial score (nSPS) is 21.4. The highest BCUT2D eigenvalue weighted by Crippen LogP contribution is 2.27. The lowest BCUT2D eigenvalue weighted by Crippen LogP contribution is -2.09. The molecule has 0 fully saturated rings. The van der Waals surface area contributed by atoms with Gasteiger partial charge in [-0.25, -0.2) is 0 Å². The van der Waals surface area contributed by atoms with Crippen LogP contribution in [0.2, 0.25) is 0 Å². The largest absolute Gasteiger partial charge is 0.388 e. The van der Waals surface area contributed by atoms with Gasteiger partial charge in [0, 0.05) is 6.42 Å². The number of carbonyl (C=O) groups is 1. The molecule has 1 aliphatic carbocycles. The van der Waals surface area contributed by atoms with Gasteiger partial charge in [0.05, 0.1) is 6.10 Å². The van der Waals surface area contributed by atoms with Crippen molar-refractivity contribution in [2.45, 2.75) is 45.1 Å². The highest BCUT2D eigenvalue weighted by molar-refractivity contribution is 5.79. The molecular formula is C16H22O2. The van der Waals surface area contributed by atoms with E-state index in [9.17, 15) is 9.90 Å². The van der Waals surface area contributed by atoms with Crippen LogP contribution < -0.4 is 0 Å². The summed E-state index contributed by atoms with van der Waals surface area (Å²) in [6, 6.07) is 0. The fraction of sp³-hybridized carbons (Fsp3) is 0.438. The molecule has 0 aromatic heterocycles. The minimum absolute atomic E-state index is 0.102. The van der Waals surface area contributed by atoms with Crippen molar-refractivity contribution in [2.24, 2.45) is 0 Å². The number of carbonyl (C=O) groups excluding carboxylic acids is 1. The summed E-state index contributed by atoms with van der Waals surface area (Å²) in [6.45, 7) is 9.10. The van der Waals surface area contributed by atoms with Gasteiger partial charge >= 0.3 is 0 Å². The van der Waals surface area contributed by atoms with Gasteiger partial charge < -0.3 is 5.11 Å². The topological polar surface area (TPSA) is 37.3 Å². The molecule has 0 bridgehead atoms. The average Bonchev–Trinajstić information content (AvgIpc) is 2.50. The van der Waals surface area contributed by atoms with E-state index in [1.807, 2.05) is 12.2 Å². The Labute approximate surface area is 109 Å². The average molecular weight is 246 g/mol. The third kappa shape index (κ3) is 4.11. The van der Waals surface area contributed by atoms with E-state index < -0.39 is 6.10 Å². The SMILES string of the molecule is C=CC1=C(/C=C(\C=C)CC(C)=O)C(O)CCCC1. The van der Waals surface area contributed by atoms with Gasteiger partial charge in [-0.05, 0) is 42.9 Å². The van der Waals surface area contributed by atoms with Crippen molar-refractivity contribution in [3.63, 3.8) is 0 Å². The van der Waals surface area contributed by atoms with Gasteiger partial charge in [-0.15, -0.1) is 0 Å². The van der Waals surface area contributed by atoms with Crippen LogP contribution in [0.5, 0.6) is 0 Å². The summed E-state index contributed by atoms with van der Waals surface area (Å²) in [5.74, 6) is 0.102. The van der Waals surface area contributed by atoms with Crippen LogP contribution in [0, 0.1) is 0 Å². The Morgan fingerprint density at radius 2 is 2.17 bits per heavy atom. The molecule has 2 heteroatoms. The van der Waals surface area contributed by atoms with Crippen LogP contribution in [0.15, 0.2) is 48.1 Å². The minimum Gasteiger partial charge on any atom is -0.388 e. The molecule has 0 aliphatic heterocycles. The van der Waals surface area contributed by atoms with E-state index in [4.69, 9.17) is 0 Å². The van der Waals surface area contributed by atoms with Crippen LogP contribution in [0.1, 0.15) is 39.0 Å². The number of aliphatic hydroxyl groups is 1. The molecule has 18 heavy (non-hydrogen) atoms. The first-order valence-electron chi connectivity index (χ1n) is 6.44. The van der Waals surface area contributed by atoms with Crippen LogP contribution in [0.3, 0.4) is 0 Å². The van der Waals surface area contributed by atoms with Crippen molar-refractivity contribution in [2.75, 3.05) is 0 Å². The van der Waals surface area contributed by atoms with Crippen molar-refractivity contribution in [1.29, 1.82) is 0 Å². The molecule has 1 unspecified atom stereocenters. The number of hydrogen-bond acceptors (Lipinski definition) is 2. The lowest BCUT2D eigenvalue weighted by molar-refractivity contribution is -0.116. The maximum Gasteiger partial charge on any atom is 0.134 e. The molecule has 0 saturated carbocycles. The number of allylic oxidation sites excluding steroid dienone is 4. The smallest absolute Gasteiger partial charge is 0.134 e. The first-order valence-corrected chi connectivity index (χ1v) is 6.44. The molecule has 1 atom stereocenters. The molecular weight excluding hydrogens is 224 g/mol. The standard InChI is InChI=1S/C16H22O2/c1-4-13(10-12(3)17)11-15-14(5-2)8-6-7-9-16(15)18/h4-5,11,16,18H,1-2,6-10H2,3H3/b13-11+. The molecule has 0 radical (unpaired) electrons. The number of Topliss-reactive ketones (excluding diaryl/α,β-unsaturated/α-hetero) is 1. The highest BCUT2D eigenvalue weighted by atomic mass is 16.3. The highest BCUT2D eigenvalue weighted by Gasteiger charge is 2.16. The zero-order valence-corrected chi connectivity index (χ0v) is 11.1. The van der Waals surface area contributed by atoms with E-state index in [0.717, 1.165) is 42.4 Å². The minimum atomic E-state index is -0.456. The third-order valence-corrected chi connectivity index (χ3v) is 3.21. The van der Waals surface area contributed by atoms with Gasteiger partial charge in [-0.3, -0.25) is 4.79 Å². The predicted octanol–water partition coefficient (Wildman–Crippen LogP) is 3.50. The van der Waals surface area contributed by atoms with Gasteiger partial charge in [0.25, 0.3) is 0 Å². The Morgan fingerprint density at radius 1 is 1.44 bits per heavy atom. The first-order chi connectivity index (χ1) is 8.58. The maximum atomic E-state index is 11.2. The second kappa shape index (κ2) is 7.12. The van der Waals surface area contributed by atoms with Gasteiger partial charge in [0.15, 0.2) is 0 Å². The Morgan fingerprint density at radius 3 is 2.72 bits per heavy atom. The summed E-state index contributed by atoms with van der Waals surface area (Å²) < 4.78 is 0. The molecule has 2 nitrogen and oxygen atoms in total. The van der Waals surface area contributed by atoms with E-state index in [0.29, 0.717) is 6.42 Å². The Hall–Kier alpha value is -1.41. The summed E-state index contributed by atoms with van der Waals surface area (Å²) in [7, 11) is 0. The Kier molecular flexibility index (Phi) is 5.79. The van der Waals surface area contributed by atoms with Crippen molar-refractivity contribution < 1.29 is 9.90 Å². The van der Waals surface area contributed by atoms with Gasteiger partial charge in [0.2, 0.25) is 0 Å². The van der Waals surface area contributed by atoms with Crippen molar-refractivity contribution in [3.8, 4) is 0 Å². The van der Waals surface area contributed by atoms with Crippen molar-refractivity contribution in [1.82, 2.24) is 0 Å². The van der Waals surface area contributed by atoms with Crippen LogP contribution in [0.25, 0.3) is 0 Å². The van der Waals surface area contributed by atoms with E-state index in [2.05, 4.69) is 13.2 Å². The first kappa shape index (κ1) is 14.7. The second-order valence-electron chi connectivity index (χ2n) is 4.75. The molecule has 0 spiro atoms. The van der Waals surface area contributed by atoms with Crippen molar-refractivity contribution in [3.05, 3.63) is 48.1 Å². The van der Waals surface area contributed by atoms with E-state index >= 15 is 0 Å². The second-order valence-corrected chi connectivity index (χ2v) is 4.75. The molecule has 0 aromatic rings. The lowest BCUT2D eigenvalue weighted by atomic mass is 9.97. The molecule has 0 heterocycles. The summed E-state index contributed by atoms with van der Waals surface area (Å²) >= 11 is 0. The van der Waals surface area contributed by atoms with Crippen molar-refractivity contribution >= 4 is 5.78 Å². The fourth-order valence-electron chi connectivity index (χ4n) is 2.25.